The summed E-state index contributed by atoms with van der Waals surface area (Å²) in [6.45, 7) is 3.58. The molecule has 0 atom stereocenters. The van der Waals surface area contributed by atoms with Gasteiger partial charge in [0.1, 0.15) is 0 Å². The molecule has 0 unspecified atom stereocenters. The Morgan fingerprint density at radius 3 is 2.31 bits per heavy atom. The maximum Gasteiger partial charge on any atom is 0.155 e. The van der Waals surface area contributed by atoms with E-state index in [9.17, 15) is 9.59 Å². The van der Waals surface area contributed by atoms with Gasteiger partial charge in [-0.3, -0.25) is 9.59 Å². The highest BCUT2D eigenvalue weighted by Crippen LogP contribution is 2.03. The normalized spacial score (nSPS) is 10.6. The van der Waals surface area contributed by atoms with Crippen molar-refractivity contribution in [2.75, 3.05) is 0 Å². The van der Waals surface area contributed by atoms with Gasteiger partial charge in [0.25, 0.3) is 0 Å². The largest absolute Gasteiger partial charge is 0.295 e. The lowest BCUT2D eigenvalue weighted by molar-refractivity contribution is -0.116. The van der Waals surface area contributed by atoms with Crippen LogP contribution in [0.1, 0.15) is 46.0 Å². The van der Waals surface area contributed by atoms with Crippen molar-refractivity contribution in [3.05, 3.63) is 12.2 Å². The molecule has 0 aromatic heterocycles. The van der Waals surface area contributed by atoms with Gasteiger partial charge in [-0.2, -0.15) is 0 Å². The zero-order valence-electron chi connectivity index (χ0n) is 8.51. The highest BCUT2D eigenvalue weighted by Gasteiger charge is 1.96. The molecule has 0 rings (SSSR count). The smallest absolute Gasteiger partial charge is 0.155 e. The van der Waals surface area contributed by atoms with Crippen molar-refractivity contribution < 1.29 is 9.59 Å². The Hall–Kier alpha value is -0.920. The van der Waals surface area contributed by atoms with E-state index in [0.717, 1.165) is 12.8 Å². The topological polar surface area (TPSA) is 34.1 Å². The number of unbranched alkanes of at least 4 members (excludes halogenated alkanes) is 3. The van der Waals surface area contributed by atoms with Gasteiger partial charge >= 0.3 is 0 Å². The van der Waals surface area contributed by atoms with Crippen molar-refractivity contribution in [2.24, 2.45) is 0 Å². The summed E-state index contributed by atoms with van der Waals surface area (Å²) >= 11 is 0. The summed E-state index contributed by atoms with van der Waals surface area (Å²) in [5.74, 6) is -0.00629. The molecule has 0 saturated heterocycles. The van der Waals surface area contributed by atoms with E-state index in [-0.39, 0.29) is 11.6 Å². The fourth-order valence-corrected chi connectivity index (χ4v) is 1.02. The summed E-state index contributed by atoms with van der Waals surface area (Å²) in [6.07, 6.45) is 7.70. The van der Waals surface area contributed by atoms with Crippen molar-refractivity contribution in [1.29, 1.82) is 0 Å². The van der Waals surface area contributed by atoms with Crippen LogP contribution in [0.4, 0.5) is 0 Å². The van der Waals surface area contributed by atoms with Crippen molar-refractivity contribution in [3.63, 3.8) is 0 Å². The first-order chi connectivity index (χ1) is 6.16. The van der Waals surface area contributed by atoms with Gasteiger partial charge in [0.15, 0.2) is 11.6 Å². The van der Waals surface area contributed by atoms with E-state index in [1.165, 1.54) is 31.9 Å². The van der Waals surface area contributed by atoms with Crippen molar-refractivity contribution in [3.8, 4) is 0 Å². The lowest BCUT2D eigenvalue weighted by Gasteiger charge is -1.95. The Kier molecular flexibility index (Phi) is 7.17. The SMILES string of the molecule is CCCCCCC(=O)/C=C/C(C)=O. The fourth-order valence-electron chi connectivity index (χ4n) is 1.02. The van der Waals surface area contributed by atoms with Gasteiger partial charge < -0.3 is 0 Å². The molecule has 2 heteroatoms. The molecule has 0 aromatic rings. The number of hydrogen-bond donors (Lipinski definition) is 0. The minimum absolute atomic E-state index is 0.0614. The first-order valence-corrected chi connectivity index (χ1v) is 4.88. The maximum atomic E-state index is 11.1. The van der Waals surface area contributed by atoms with Crippen LogP contribution in [0.15, 0.2) is 12.2 Å². The zero-order chi connectivity index (χ0) is 10.1. The van der Waals surface area contributed by atoms with Gasteiger partial charge in [0, 0.05) is 6.42 Å². The first kappa shape index (κ1) is 12.1. The summed E-state index contributed by atoms with van der Waals surface area (Å²) in [5, 5.41) is 0. The monoisotopic (exact) mass is 182 g/mol. The number of hydrogen-bond acceptors (Lipinski definition) is 2. The molecule has 0 amide bonds. The highest BCUT2D eigenvalue weighted by atomic mass is 16.1. The number of rotatable bonds is 7. The lowest BCUT2D eigenvalue weighted by Crippen LogP contribution is -1.93. The second-order valence-electron chi connectivity index (χ2n) is 3.22. The molecule has 0 heterocycles. The Labute approximate surface area is 80.0 Å². The number of ketones is 2. The molecule has 0 aliphatic rings. The van der Waals surface area contributed by atoms with Gasteiger partial charge in [-0.25, -0.2) is 0 Å². The molecule has 0 aliphatic heterocycles. The molecule has 0 aromatic carbocycles. The van der Waals surface area contributed by atoms with Crippen LogP contribution in [-0.4, -0.2) is 11.6 Å². The molecule has 0 bridgehead atoms. The van der Waals surface area contributed by atoms with Crippen LogP contribution in [0, 0.1) is 0 Å². The van der Waals surface area contributed by atoms with Crippen LogP contribution < -0.4 is 0 Å². The first-order valence-electron chi connectivity index (χ1n) is 4.88. The second kappa shape index (κ2) is 7.71. The lowest BCUT2D eigenvalue weighted by atomic mass is 10.1. The predicted octanol–water partition coefficient (Wildman–Crippen LogP) is 2.67. The third-order valence-electron chi connectivity index (χ3n) is 1.78. The molecule has 0 spiro atoms. The zero-order valence-corrected chi connectivity index (χ0v) is 8.51. The number of allylic oxidation sites excluding steroid dienone is 2. The van der Waals surface area contributed by atoms with Crippen molar-refractivity contribution in [1.82, 2.24) is 0 Å². The average Bonchev–Trinajstić information content (AvgIpc) is 2.09. The van der Waals surface area contributed by atoms with Crippen molar-refractivity contribution in [2.45, 2.75) is 46.0 Å². The van der Waals surface area contributed by atoms with Gasteiger partial charge in [-0.15, -0.1) is 0 Å². The van der Waals surface area contributed by atoms with E-state index >= 15 is 0 Å². The molecular weight excluding hydrogens is 164 g/mol. The van der Waals surface area contributed by atoms with Crippen molar-refractivity contribution >= 4 is 11.6 Å². The summed E-state index contributed by atoms with van der Waals surface area (Å²) in [4.78, 5) is 21.6. The molecule has 0 aliphatic carbocycles. The van der Waals surface area contributed by atoms with Crippen LogP contribution in [0.2, 0.25) is 0 Å². The summed E-state index contributed by atoms with van der Waals surface area (Å²) in [5.41, 5.74) is 0. The summed E-state index contributed by atoms with van der Waals surface area (Å²) < 4.78 is 0. The van der Waals surface area contributed by atoms with Crippen LogP contribution in [0.25, 0.3) is 0 Å². The minimum Gasteiger partial charge on any atom is -0.295 e. The van der Waals surface area contributed by atoms with E-state index < -0.39 is 0 Å². The third kappa shape index (κ3) is 8.99. The highest BCUT2D eigenvalue weighted by molar-refractivity contribution is 5.97. The molecule has 74 valence electrons. The minimum atomic E-state index is -0.0677. The molecule has 0 fully saturated rings. The number of carbonyl (C=O) groups excluding carboxylic acids is 2. The van der Waals surface area contributed by atoms with Crippen LogP contribution in [0.3, 0.4) is 0 Å². The van der Waals surface area contributed by atoms with Crippen LogP contribution >= 0.6 is 0 Å². The molecule has 0 saturated carbocycles. The van der Waals surface area contributed by atoms with E-state index in [4.69, 9.17) is 0 Å². The van der Waals surface area contributed by atoms with E-state index in [1.54, 1.807) is 0 Å². The molecule has 0 radical (unpaired) electrons. The average molecular weight is 182 g/mol. The molecule has 0 N–H and O–H groups in total. The van der Waals surface area contributed by atoms with Crippen LogP contribution in [-0.2, 0) is 9.59 Å². The molecular formula is C11H18O2. The van der Waals surface area contributed by atoms with Gasteiger partial charge in [0.2, 0.25) is 0 Å². The van der Waals surface area contributed by atoms with Gasteiger partial charge in [0.05, 0.1) is 0 Å². The second-order valence-corrected chi connectivity index (χ2v) is 3.22. The Morgan fingerprint density at radius 2 is 1.77 bits per heavy atom. The summed E-state index contributed by atoms with van der Waals surface area (Å²) in [7, 11) is 0. The van der Waals surface area contributed by atoms with Crippen LogP contribution in [0.5, 0.6) is 0 Å². The standard InChI is InChI=1S/C11H18O2/c1-3-4-5-6-7-11(13)9-8-10(2)12/h8-9H,3-7H2,1-2H3/b9-8+. The Bertz CT molecular complexity index is 192. The third-order valence-corrected chi connectivity index (χ3v) is 1.78. The van der Waals surface area contributed by atoms with E-state index in [1.807, 2.05) is 0 Å². The summed E-state index contributed by atoms with van der Waals surface area (Å²) in [6, 6.07) is 0. The Morgan fingerprint density at radius 1 is 1.08 bits per heavy atom. The maximum absolute atomic E-state index is 11.1. The van der Waals surface area contributed by atoms with Gasteiger partial charge in [-0.1, -0.05) is 26.2 Å². The fraction of sp³-hybridized carbons (Fsp3) is 0.636. The Balaban J connectivity index is 3.46. The van der Waals surface area contributed by atoms with Gasteiger partial charge in [-0.05, 0) is 25.5 Å². The number of carbonyl (C=O) groups is 2. The van der Waals surface area contributed by atoms with E-state index in [2.05, 4.69) is 6.92 Å². The molecule has 13 heavy (non-hydrogen) atoms. The van der Waals surface area contributed by atoms with E-state index in [0.29, 0.717) is 6.42 Å². The predicted molar refractivity (Wildman–Crippen MR) is 53.6 cm³/mol. The molecule has 2 nitrogen and oxygen atoms in total. The quantitative estimate of drug-likeness (QED) is 0.448.